The molecule has 1 N–H and O–H groups in total. The fraction of sp³-hybridized carbons (Fsp3) is 0.421. The molecule has 2 aliphatic rings. The van der Waals surface area contributed by atoms with Gasteiger partial charge in [-0.25, -0.2) is 8.42 Å². The van der Waals surface area contributed by atoms with Gasteiger partial charge >= 0.3 is 0 Å². The van der Waals surface area contributed by atoms with Gasteiger partial charge in [-0.1, -0.05) is 11.2 Å². The van der Waals surface area contributed by atoms with Crippen LogP contribution in [0.1, 0.15) is 36.0 Å². The smallest absolute Gasteiger partial charge is 0.215 e. The Balaban J connectivity index is 1.69. The lowest BCUT2D eigenvalue weighted by molar-refractivity contribution is -0.0946. The first-order chi connectivity index (χ1) is 13.0. The quantitative estimate of drug-likeness (QED) is 0.620. The van der Waals surface area contributed by atoms with Gasteiger partial charge in [-0.05, 0) is 47.5 Å². The first-order valence-corrected chi connectivity index (χ1v) is 11.2. The maximum absolute atomic E-state index is 13.1. The number of rotatable bonds is 4. The predicted octanol–water partition coefficient (Wildman–Crippen LogP) is 3.36. The maximum Gasteiger partial charge on any atom is 0.215 e. The molecular weight excluding hydrogens is 386 g/mol. The van der Waals surface area contributed by atoms with E-state index in [2.05, 4.69) is 5.16 Å². The number of fused-ring (bicyclic) bond motifs is 1. The molecule has 1 saturated heterocycles. The number of ether oxygens (including phenoxy) is 2. The highest BCUT2D eigenvalue weighted by molar-refractivity contribution is 7.93. The van der Waals surface area contributed by atoms with Crippen LogP contribution in [0.25, 0.3) is 0 Å². The van der Waals surface area contributed by atoms with Crippen LogP contribution in [0.15, 0.2) is 43.9 Å². The molecule has 6 nitrogen and oxygen atoms in total. The number of sulfone groups is 1. The van der Waals surface area contributed by atoms with Crippen LogP contribution in [0.5, 0.6) is 0 Å². The first kappa shape index (κ1) is 18.6. The molecule has 1 aliphatic heterocycles. The van der Waals surface area contributed by atoms with Crippen LogP contribution in [-0.2, 0) is 31.3 Å². The van der Waals surface area contributed by atoms with Crippen molar-refractivity contribution in [1.29, 1.82) is 0 Å². The Morgan fingerprint density at radius 2 is 2.00 bits per heavy atom. The second-order valence-corrected chi connectivity index (χ2v) is 9.92. The van der Waals surface area contributed by atoms with Crippen molar-refractivity contribution in [2.45, 2.75) is 40.4 Å². The summed E-state index contributed by atoms with van der Waals surface area (Å²) in [7, 11) is -1.94. The van der Waals surface area contributed by atoms with Gasteiger partial charge in [-0.15, -0.1) is 11.3 Å². The summed E-state index contributed by atoms with van der Waals surface area (Å²) in [4.78, 5) is 0.271. The van der Waals surface area contributed by atoms with Crippen LogP contribution in [0, 0.1) is 0 Å². The third kappa shape index (κ3) is 3.10. The summed E-state index contributed by atoms with van der Waals surface area (Å²) < 4.78 is 37.8. The van der Waals surface area contributed by atoms with E-state index < -0.39 is 15.4 Å². The molecule has 0 bridgehead atoms. The summed E-state index contributed by atoms with van der Waals surface area (Å²) in [6, 6.07) is 6.75. The second kappa shape index (κ2) is 7.01. The normalized spacial score (nSPS) is 20.7. The molecule has 8 heteroatoms. The van der Waals surface area contributed by atoms with Gasteiger partial charge < -0.3 is 14.7 Å². The minimum absolute atomic E-state index is 0.271. The molecule has 1 aromatic heterocycles. The van der Waals surface area contributed by atoms with E-state index in [9.17, 15) is 8.42 Å². The van der Waals surface area contributed by atoms with Gasteiger partial charge in [0, 0.05) is 38.7 Å². The zero-order chi connectivity index (χ0) is 19.1. The minimum atomic E-state index is -3.61. The third-order valence-electron chi connectivity index (χ3n) is 5.51. The van der Waals surface area contributed by atoms with Gasteiger partial charge in [0.25, 0.3) is 0 Å². The lowest BCUT2D eigenvalue weighted by Crippen LogP contribution is -2.35. The number of aryl methyl sites for hydroxylation is 1. The first-order valence-electron chi connectivity index (χ1n) is 8.81. The van der Waals surface area contributed by atoms with Crippen molar-refractivity contribution in [3.8, 4) is 0 Å². The van der Waals surface area contributed by atoms with E-state index in [1.165, 1.54) is 11.3 Å². The standard InChI is InChI=1S/C19H21NO5S2/c1-24-19(6-8-25-9-7-19)14-11-18(26-12-14)27(22,23)15-3-4-16-13(10-15)2-5-17(16)20-21/h3-4,10-12,21H,2,5-9H2,1H3/b20-17-. The molecule has 0 amide bonds. The second-order valence-electron chi connectivity index (χ2n) is 6.83. The largest absolute Gasteiger partial charge is 0.411 e. The highest BCUT2D eigenvalue weighted by Crippen LogP contribution is 2.40. The van der Waals surface area contributed by atoms with E-state index in [4.69, 9.17) is 14.7 Å². The average Bonchev–Trinajstić information content (AvgIpc) is 3.35. The summed E-state index contributed by atoms with van der Waals surface area (Å²) in [5.74, 6) is 0. The highest BCUT2D eigenvalue weighted by atomic mass is 32.2. The molecule has 0 saturated carbocycles. The molecule has 0 radical (unpaired) electrons. The zero-order valence-electron chi connectivity index (χ0n) is 15.0. The Kier molecular flexibility index (Phi) is 4.84. The van der Waals surface area contributed by atoms with Crippen LogP contribution in [0.3, 0.4) is 0 Å². The molecule has 1 fully saturated rings. The molecule has 0 spiro atoms. The van der Waals surface area contributed by atoms with Gasteiger partial charge in [0.1, 0.15) is 4.21 Å². The fourth-order valence-corrected chi connectivity index (χ4v) is 6.56. The molecule has 4 rings (SSSR count). The third-order valence-corrected chi connectivity index (χ3v) is 8.70. The van der Waals surface area contributed by atoms with Crippen LogP contribution < -0.4 is 0 Å². The Morgan fingerprint density at radius 3 is 2.70 bits per heavy atom. The number of thiophene rings is 1. The number of benzene rings is 1. The van der Waals surface area contributed by atoms with E-state index >= 15 is 0 Å². The van der Waals surface area contributed by atoms with Gasteiger partial charge in [-0.2, -0.15) is 0 Å². The lowest BCUT2D eigenvalue weighted by Gasteiger charge is -2.35. The van der Waals surface area contributed by atoms with Crippen LogP contribution in [0.4, 0.5) is 0 Å². The van der Waals surface area contributed by atoms with E-state index in [1.807, 2.05) is 5.38 Å². The SMILES string of the molecule is COC1(c2csc(S(=O)(=O)c3ccc4c(c3)CC/C4=N/O)c2)CCOCC1. The van der Waals surface area contributed by atoms with Gasteiger partial charge in [0.05, 0.1) is 16.2 Å². The maximum atomic E-state index is 13.1. The number of oxime groups is 1. The predicted molar refractivity (Wildman–Crippen MR) is 102 cm³/mol. The van der Waals surface area contributed by atoms with E-state index in [0.717, 1.165) is 16.7 Å². The Labute approximate surface area is 162 Å². The Hall–Kier alpha value is -1.74. The van der Waals surface area contributed by atoms with Crippen molar-refractivity contribution in [2.24, 2.45) is 5.16 Å². The van der Waals surface area contributed by atoms with Crippen molar-refractivity contribution in [1.82, 2.24) is 0 Å². The molecule has 1 aliphatic carbocycles. The number of nitrogens with zero attached hydrogens (tertiary/aromatic N) is 1. The number of hydrogen-bond acceptors (Lipinski definition) is 7. The summed E-state index contributed by atoms with van der Waals surface area (Å²) in [5.41, 5.74) is 2.75. The summed E-state index contributed by atoms with van der Waals surface area (Å²) in [6.45, 7) is 1.21. The van der Waals surface area contributed by atoms with E-state index in [0.29, 0.717) is 48.8 Å². The fourth-order valence-electron chi connectivity index (χ4n) is 3.84. The molecule has 1 aromatic carbocycles. The Bertz CT molecular complexity index is 987. The van der Waals surface area contributed by atoms with Gasteiger partial charge in [0.2, 0.25) is 9.84 Å². The van der Waals surface area contributed by atoms with Crippen molar-refractivity contribution in [3.63, 3.8) is 0 Å². The lowest BCUT2D eigenvalue weighted by atomic mass is 9.88. The average molecular weight is 408 g/mol. The van der Waals surface area contributed by atoms with Crippen molar-refractivity contribution in [3.05, 3.63) is 46.3 Å². The van der Waals surface area contributed by atoms with Crippen LogP contribution in [0.2, 0.25) is 0 Å². The Morgan fingerprint density at radius 1 is 1.22 bits per heavy atom. The van der Waals surface area contributed by atoms with Crippen molar-refractivity contribution >= 4 is 26.9 Å². The molecular formula is C19H21NO5S2. The van der Waals surface area contributed by atoms with Crippen molar-refractivity contribution < 1.29 is 23.1 Å². The number of methoxy groups -OCH3 is 1. The molecule has 2 aromatic rings. The highest BCUT2D eigenvalue weighted by Gasteiger charge is 2.36. The van der Waals surface area contributed by atoms with E-state index in [-0.39, 0.29) is 4.90 Å². The van der Waals surface area contributed by atoms with E-state index in [1.54, 1.807) is 31.4 Å². The monoisotopic (exact) mass is 407 g/mol. The molecule has 27 heavy (non-hydrogen) atoms. The van der Waals surface area contributed by atoms with Crippen LogP contribution >= 0.6 is 11.3 Å². The van der Waals surface area contributed by atoms with Gasteiger partial charge in [-0.3, -0.25) is 0 Å². The summed E-state index contributed by atoms with van der Waals surface area (Å²) in [5, 5.41) is 14.2. The zero-order valence-corrected chi connectivity index (χ0v) is 16.6. The minimum Gasteiger partial charge on any atom is -0.411 e. The summed E-state index contributed by atoms with van der Waals surface area (Å²) >= 11 is 1.22. The molecule has 144 valence electrons. The van der Waals surface area contributed by atoms with Crippen LogP contribution in [-0.4, -0.2) is 39.7 Å². The molecule has 2 heterocycles. The molecule has 0 atom stereocenters. The molecule has 0 unspecified atom stereocenters. The summed E-state index contributed by atoms with van der Waals surface area (Å²) in [6.07, 6.45) is 2.72. The van der Waals surface area contributed by atoms with Crippen molar-refractivity contribution in [2.75, 3.05) is 20.3 Å². The number of hydrogen-bond donors (Lipinski definition) is 1. The topological polar surface area (TPSA) is 85.2 Å². The van der Waals surface area contributed by atoms with Gasteiger partial charge in [0.15, 0.2) is 0 Å².